The summed E-state index contributed by atoms with van der Waals surface area (Å²) >= 11 is 0. The van der Waals surface area contributed by atoms with E-state index in [0.29, 0.717) is 5.56 Å². The lowest BCUT2D eigenvalue weighted by Gasteiger charge is -2.14. The molecule has 4 nitrogen and oxygen atoms in total. The van der Waals surface area contributed by atoms with Crippen LogP contribution in [0.2, 0.25) is 0 Å². The Labute approximate surface area is 121 Å². The van der Waals surface area contributed by atoms with Gasteiger partial charge in [0.1, 0.15) is 5.82 Å². The molecule has 0 saturated carbocycles. The third-order valence-corrected chi connectivity index (χ3v) is 3.40. The monoisotopic (exact) mass is 283 g/mol. The van der Waals surface area contributed by atoms with Gasteiger partial charge in [0, 0.05) is 5.56 Å². The van der Waals surface area contributed by atoms with Crippen LogP contribution in [0.4, 0.5) is 4.39 Å². The predicted octanol–water partition coefficient (Wildman–Crippen LogP) is 3.19. The number of nitrogens with one attached hydrogen (secondary N) is 2. The van der Waals surface area contributed by atoms with Crippen molar-refractivity contribution < 1.29 is 9.18 Å². The van der Waals surface area contributed by atoms with E-state index in [2.05, 4.69) is 15.3 Å². The van der Waals surface area contributed by atoms with Gasteiger partial charge in [-0.2, -0.15) is 0 Å². The Kier molecular flexibility index (Phi) is 3.39. The third-order valence-electron chi connectivity index (χ3n) is 3.40. The van der Waals surface area contributed by atoms with Gasteiger partial charge in [-0.15, -0.1) is 0 Å². The normalized spacial score (nSPS) is 12.3. The SMILES string of the molecule is CC(NC(=O)c1ccc2nc[nH]c2c1)c1ccc(F)cc1. The van der Waals surface area contributed by atoms with Crippen molar-refractivity contribution in [1.29, 1.82) is 0 Å². The number of carbonyl (C=O) groups excluding carboxylic acids is 1. The van der Waals surface area contributed by atoms with Gasteiger partial charge in [-0.05, 0) is 42.8 Å². The van der Waals surface area contributed by atoms with Crippen molar-refractivity contribution in [1.82, 2.24) is 15.3 Å². The standard InChI is InChI=1S/C16H14FN3O/c1-10(11-2-5-13(17)6-3-11)20-16(21)12-4-7-14-15(8-12)19-9-18-14/h2-10H,1H3,(H,18,19)(H,20,21). The Morgan fingerprint density at radius 3 is 2.76 bits per heavy atom. The van der Waals surface area contributed by atoms with Crippen molar-refractivity contribution in [3.8, 4) is 0 Å². The average molecular weight is 283 g/mol. The van der Waals surface area contributed by atoms with Crippen LogP contribution in [0.3, 0.4) is 0 Å². The summed E-state index contributed by atoms with van der Waals surface area (Å²) in [5.41, 5.74) is 3.04. The van der Waals surface area contributed by atoms with E-state index in [1.54, 1.807) is 36.7 Å². The van der Waals surface area contributed by atoms with Gasteiger partial charge >= 0.3 is 0 Å². The van der Waals surface area contributed by atoms with E-state index >= 15 is 0 Å². The number of rotatable bonds is 3. The zero-order chi connectivity index (χ0) is 14.8. The number of nitrogens with zero attached hydrogens (tertiary/aromatic N) is 1. The molecule has 0 radical (unpaired) electrons. The first kappa shape index (κ1) is 13.3. The van der Waals surface area contributed by atoms with Crippen LogP contribution in [0.15, 0.2) is 48.8 Å². The number of amides is 1. The molecule has 3 aromatic rings. The van der Waals surface area contributed by atoms with Gasteiger partial charge in [0.15, 0.2) is 0 Å². The Balaban J connectivity index is 1.77. The molecule has 0 spiro atoms. The molecule has 106 valence electrons. The predicted molar refractivity (Wildman–Crippen MR) is 78.4 cm³/mol. The van der Waals surface area contributed by atoms with Crippen molar-refractivity contribution in [2.45, 2.75) is 13.0 Å². The molecule has 0 fully saturated rings. The molecule has 1 atom stereocenters. The van der Waals surface area contributed by atoms with Gasteiger partial charge in [0.05, 0.1) is 23.4 Å². The Bertz CT molecular complexity index is 780. The van der Waals surface area contributed by atoms with Crippen LogP contribution in [0.1, 0.15) is 28.9 Å². The Hall–Kier alpha value is -2.69. The highest BCUT2D eigenvalue weighted by molar-refractivity contribution is 5.97. The lowest BCUT2D eigenvalue weighted by Crippen LogP contribution is -2.26. The maximum absolute atomic E-state index is 12.9. The number of benzene rings is 2. The number of hydrogen-bond donors (Lipinski definition) is 2. The highest BCUT2D eigenvalue weighted by Gasteiger charge is 2.12. The summed E-state index contributed by atoms with van der Waals surface area (Å²) in [4.78, 5) is 19.3. The smallest absolute Gasteiger partial charge is 0.251 e. The maximum atomic E-state index is 12.9. The van der Waals surface area contributed by atoms with Crippen molar-refractivity contribution in [2.24, 2.45) is 0 Å². The molecule has 3 rings (SSSR count). The van der Waals surface area contributed by atoms with Crippen LogP contribution in [-0.2, 0) is 0 Å². The fourth-order valence-corrected chi connectivity index (χ4v) is 2.19. The molecule has 1 heterocycles. The van der Waals surface area contributed by atoms with Gasteiger partial charge in [-0.3, -0.25) is 4.79 Å². The molecule has 5 heteroatoms. The minimum absolute atomic E-state index is 0.177. The summed E-state index contributed by atoms with van der Waals surface area (Å²) in [5.74, 6) is -0.467. The van der Waals surface area contributed by atoms with Gasteiger partial charge in [-0.25, -0.2) is 9.37 Å². The second kappa shape index (κ2) is 5.36. The lowest BCUT2D eigenvalue weighted by molar-refractivity contribution is 0.0940. The number of aromatic nitrogens is 2. The van der Waals surface area contributed by atoms with Crippen molar-refractivity contribution >= 4 is 16.9 Å². The van der Waals surface area contributed by atoms with Crippen LogP contribution in [0.5, 0.6) is 0 Å². The zero-order valence-corrected chi connectivity index (χ0v) is 11.4. The molecule has 2 aromatic carbocycles. The summed E-state index contributed by atoms with van der Waals surface area (Å²) in [6, 6.07) is 11.2. The molecular formula is C16H14FN3O. The summed E-state index contributed by atoms with van der Waals surface area (Å²) in [7, 11) is 0. The molecule has 1 unspecified atom stereocenters. The van der Waals surface area contributed by atoms with Crippen molar-refractivity contribution in [3.05, 3.63) is 65.7 Å². The number of imidazole rings is 1. The van der Waals surface area contributed by atoms with E-state index < -0.39 is 0 Å². The molecule has 21 heavy (non-hydrogen) atoms. The molecule has 0 aliphatic carbocycles. The second-order valence-electron chi connectivity index (χ2n) is 4.88. The number of halogens is 1. The van der Waals surface area contributed by atoms with Crippen LogP contribution < -0.4 is 5.32 Å². The molecule has 0 saturated heterocycles. The van der Waals surface area contributed by atoms with Crippen LogP contribution in [-0.4, -0.2) is 15.9 Å². The average Bonchev–Trinajstić information content (AvgIpc) is 2.95. The van der Waals surface area contributed by atoms with Crippen molar-refractivity contribution in [2.75, 3.05) is 0 Å². The van der Waals surface area contributed by atoms with Gasteiger partial charge in [0.25, 0.3) is 5.91 Å². The first-order valence-corrected chi connectivity index (χ1v) is 6.63. The summed E-state index contributed by atoms with van der Waals surface area (Å²) in [6.07, 6.45) is 1.59. The highest BCUT2D eigenvalue weighted by atomic mass is 19.1. The molecule has 0 aliphatic rings. The van der Waals surface area contributed by atoms with E-state index in [1.807, 2.05) is 6.92 Å². The Morgan fingerprint density at radius 2 is 2.00 bits per heavy atom. The van der Waals surface area contributed by atoms with Gasteiger partial charge < -0.3 is 10.3 Å². The number of fused-ring (bicyclic) bond motifs is 1. The number of H-pyrrole nitrogens is 1. The number of aromatic amines is 1. The van der Waals surface area contributed by atoms with Crippen LogP contribution in [0, 0.1) is 5.82 Å². The highest BCUT2D eigenvalue weighted by Crippen LogP contribution is 2.15. The summed E-state index contributed by atoms with van der Waals surface area (Å²) < 4.78 is 12.9. The quantitative estimate of drug-likeness (QED) is 0.775. The molecule has 0 aliphatic heterocycles. The van der Waals surface area contributed by atoms with Gasteiger partial charge in [-0.1, -0.05) is 12.1 Å². The minimum Gasteiger partial charge on any atom is -0.346 e. The number of carbonyl (C=O) groups is 1. The zero-order valence-electron chi connectivity index (χ0n) is 11.4. The minimum atomic E-state index is -0.290. The van der Waals surface area contributed by atoms with E-state index in [4.69, 9.17) is 0 Å². The van der Waals surface area contributed by atoms with Crippen LogP contribution in [0.25, 0.3) is 11.0 Å². The molecule has 2 N–H and O–H groups in total. The van der Waals surface area contributed by atoms with E-state index in [-0.39, 0.29) is 17.8 Å². The maximum Gasteiger partial charge on any atom is 0.251 e. The van der Waals surface area contributed by atoms with E-state index in [9.17, 15) is 9.18 Å². The van der Waals surface area contributed by atoms with Crippen molar-refractivity contribution in [3.63, 3.8) is 0 Å². The van der Waals surface area contributed by atoms with E-state index in [0.717, 1.165) is 16.6 Å². The fraction of sp³-hybridized carbons (Fsp3) is 0.125. The lowest BCUT2D eigenvalue weighted by atomic mass is 10.1. The summed E-state index contributed by atoms with van der Waals surface area (Å²) in [5, 5.41) is 2.89. The summed E-state index contributed by atoms with van der Waals surface area (Å²) in [6.45, 7) is 1.86. The first-order valence-electron chi connectivity index (χ1n) is 6.63. The molecule has 1 amide bonds. The fourth-order valence-electron chi connectivity index (χ4n) is 2.19. The third kappa shape index (κ3) is 2.76. The molecule has 1 aromatic heterocycles. The Morgan fingerprint density at radius 1 is 1.24 bits per heavy atom. The molecular weight excluding hydrogens is 269 g/mol. The first-order chi connectivity index (χ1) is 10.1. The molecule has 0 bridgehead atoms. The van der Waals surface area contributed by atoms with Crippen LogP contribution >= 0.6 is 0 Å². The topological polar surface area (TPSA) is 57.8 Å². The number of hydrogen-bond acceptors (Lipinski definition) is 2. The largest absolute Gasteiger partial charge is 0.346 e. The second-order valence-corrected chi connectivity index (χ2v) is 4.88. The van der Waals surface area contributed by atoms with E-state index in [1.165, 1.54) is 12.1 Å². The van der Waals surface area contributed by atoms with Gasteiger partial charge in [0.2, 0.25) is 0 Å².